The van der Waals surface area contributed by atoms with Crippen LogP contribution in [0.25, 0.3) is 10.9 Å². The highest BCUT2D eigenvalue weighted by atomic mass is 35.5. The Morgan fingerprint density at radius 3 is 2.58 bits per heavy atom. The molecule has 1 N–H and O–H groups in total. The molecule has 2 heterocycles. The fourth-order valence-corrected chi connectivity index (χ4v) is 4.33. The van der Waals surface area contributed by atoms with Crippen LogP contribution in [0.15, 0.2) is 54.6 Å². The van der Waals surface area contributed by atoms with Gasteiger partial charge in [-0.25, -0.2) is 4.98 Å². The van der Waals surface area contributed by atoms with Crippen molar-refractivity contribution >= 4 is 51.5 Å². The number of benzene rings is 2. The van der Waals surface area contributed by atoms with Crippen LogP contribution in [0, 0.1) is 0 Å². The largest absolute Gasteiger partial charge is 0.368 e. The summed E-state index contributed by atoms with van der Waals surface area (Å²) in [5.74, 6) is 0.627. The highest BCUT2D eigenvalue weighted by Crippen LogP contribution is 2.32. The number of unbranched alkanes of at least 4 members (excludes halogenated alkanes) is 1. The Kier molecular flexibility index (Phi) is 7.28. The molecule has 1 amide bonds. The monoisotopic (exact) mass is 456 g/mol. The third kappa shape index (κ3) is 5.67. The number of amides is 1. The van der Waals surface area contributed by atoms with Crippen molar-refractivity contribution in [2.45, 2.75) is 19.3 Å². The summed E-state index contributed by atoms with van der Waals surface area (Å²) >= 11 is 12.5. The van der Waals surface area contributed by atoms with Crippen LogP contribution >= 0.6 is 23.2 Å². The molecule has 2 aromatic carbocycles. The summed E-state index contributed by atoms with van der Waals surface area (Å²) in [5.41, 5.74) is 1.89. The maximum atomic E-state index is 12.3. The second-order valence-electron chi connectivity index (χ2n) is 7.80. The molecule has 5 nitrogen and oxygen atoms in total. The minimum Gasteiger partial charge on any atom is -0.368 e. The van der Waals surface area contributed by atoms with Crippen LogP contribution in [0.4, 0.5) is 11.5 Å². The lowest BCUT2D eigenvalue weighted by molar-refractivity contribution is -0.116. The zero-order chi connectivity index (χ0) is 21.6. The molecule has 0 bridgehead atoms. The van der Waals surface area contributed by atoms with E-state index in [1.54, 1.807) is 0 Å². The van der Waals surface area contributed by atoms with E-state index in [0.29, 0.717) is 22.3 Å². The molecular formula is C24H26Cl2N4O. The quantitative estimate of drug-likeness (QED) is 0.478. The van der Waals surface area contributed by atoms with Crippen molar-refractivity contribution in [3.05, 3.63) is 64.6 Å². The Balaban J connectivity index is 1.16. The first-order chi connectivity index (χ1) is 15.1. The number of carbonyl (C=O) groups is 1. The van der Waals surface area contributed by atoms with Gasteiger partial charge in [-0.15, -0.1) is 0 Å². The number of carbonyl (C=O) groups excluding carboxylic acids is 1. The number of para-hydroxylation sites is 1. The van der Waals surface area contributed by atoms with Crippen LogP contribution in [0.1, 0.15) is 19.3 Å². The van der Waals surface area contributed by atoms with Gasteiger partial charge in [0.2, 0.25) is 5.91 Å². The fourth-order valence-electron chi connectivity index (χ4n) is 3.91. The highest BCUT2D eigenvalue weighted by Gasteiger charge is 2.19. The smallest absolute Gasteiger partial charge is 0.225 e. The molecule has 0 atom stereocenters. The third-order valence-electron chi connectivity index (χ3n) is 5.64. The summed E-state index contributed by atoms with van der Waals surface area (Å²) in [5, 5.41) is 5.21. The van der Waals surface area contributed by atoms with Gasteiger partial charge in [-0.1, -0.05) is 47.5 Å². The summed E-state index contributed by atoms with van der Waals surface area (Å²) in [7, 11) is 0. The zero-order valence-electron chi connectivity index (χ0n) is 17.4. The number of halogens is 2. The molecule has 4 rings (SSSR count). The second-order valence-corrected chi connectivity index (χ2v) is 8.58. The Bertz CT molecular complexity index is 1050. The van der Waals surface area contributed by atoms with Gasteiger partial charge in [-0.2, -0.15) is 0 Å². The number of rotatable bonds is 7. The molecule has 0 aliphatic carbocycles. The van der Waals surface area contributed by atoms with Gasteiger partial charge in [-0.3, -0.25) is 9.69 Å². The normalized spacial score (nSPS) is 14.7. The lowest BCUT2D eigenvalue weighted by atomic mass is 10.2. The molecule has 1 aliphatic heterocycles. The van der Waals surface area contributed by atoms with E-state index in [9.17, 15) is 4.79 Å². The predicted octanol–water partition coefficient (Wildman–Crippen LogP) is 5.47. The Morgan fingerprint density at radius 1 is 0.935 bits per heavy atom. The molecule has 1 aliphatic rings. The molecule has 0 saturated carbocycles. The fraction of sp³-hybridized carbons (Fsp3) is 0.333. The lowest BCUT2D eigenvalue weighted by Gasteiger charge is -2.36. The Labute approximate surface area is 193 Å². The van der Waals surface area contributed by atoms with Gasteiger partial charge >= 0.3 is 0 Å². The first kappa shape index (κ1) is 21.9. The van der Waals surface area contributed by atoms with E-state index >= 15 is 0 Å². The van der Waals surface area contributed by atoms with Crippen LogP contribution in [-0.2, 0) is 4.79 Å². The summed E-state index contributed by atoms with van der Waals surface area (Å²) in [6.45, 7) is 4.81. The molecule has 0 radical (unpaired) electrons. The molecule has 3 aromatic rings. The van der Waals surface area contributed by atoms with Crippen molar-refractivity contribution < 1.29 is 4.79 Å². The number of aromatic nitrogens is 1. The first-order valence-corrected chi connectivity index (χ1v) is 11.4. The van der Waals surface area contributed by atoms with E-state index in [1.807, 2.05) is 54.6 Å². The highest BCUT2D eigenvalue weighted by molar-refractivity contribution is 6.43. The number of piperazine rings is 1. The molecule has 162 valence electrons. The van der Waals surface area contributed by atoms with Crippen molar-refractivity contribution in [3.8, 4) is 0 Å². The first-order valence-electron chi connectivity index (χ1n) is 10.7. The van der Waals surface area contributed by atoms with Crippen LogP contribution in [-0.4, -0.2) is 48.5 Å². The van der Waals surface area contributed by atoms with Crippen molar-refractivity contribution in [2.24, 2.45) is 0 Å². The van der Waals surface area contributed by atoms with Crippen LogP contribution in [0.5, 0.6) is 0 Å². The minimum absolute atomic E-state index is 0.0169. The van der Waals surface area contributed by atoms with Crippen LogP contribution in [0.3, 0.4) is 0 Å². The number of hydrogen-bond acceptors (Lipinski definition) is 4. The van der Waals surface area contributed by atoms with E-state index in [2.05, 4.69) is 20.1 Å². The number of nitrogens with zero attached hydrogens (tertiary/aromatic N) is 3. The number of anilines is 2. The average molecular weight is 457 g/mol. The topological polar surface area (TPSA) is 48.5 Å². The molecule has 1 fully saturated rings. The molecular weight excluding hydrogens is 431 g/mol. The number of fused-ring (bicyclic) bond motifs is 1. The summed E-state index contributed by atoms with van der Waals surface area (Å²) < 4.78 is 0. The predicted molar refractivity (Wildman–Crippen MR) is 129 cm³/mol. The van der Waals surface area contributed by atoms with Gasteiger partial charge in [0.25, 0.3) is 0 Å². The third-order valence-corrected chi connectivity index (χ3v) is 6.45. The van der Waals surface area contributed by atoms with Crippen molar-refractivity contribution in [1.82, 2.24) is 9.88 Å². The SMILES string of the molecule is O=C(CCCCN1CCN(c2cccc(Cl)c2Cl)CC1)Nc1ccc2ccccc2n1. The van der Waals surface area contributed by atoms with Gasteiger partial charge in [0.1, 0.15) is 5.82 Å². The number of hydrogen-bond donors (Lipinski definition) is 1. The van der Waals surface area contributed by atoms with E-state index in [1.165, 1.54) is 0 Å². The van der Waals surface area contributed by atoms with Crippen molar-refractivity contribution in [1.29, 1.82) is 0 Å². The van der Waals surface area contributed by atoms with Crippen LogP contribution < -0.4 is 10.2 Å². The molecule has 0 spiro atoms. The Morgan fingerprint density at radius 2 is 1.74 bits per heavy atom. The Hall–Kier alpha value is -2.34. The van der Waals surface area contributed by atoms with E-state index in [4.69, 9.17) is 23.2 Å². The number of nitrogens with one attached hydrogen (secondary N) is 1. The van der Waals surface area contributed by atoms with Gasteiger partial charge < -0.3 is 10.2 Å². The van der Waals surface area contributed by atoms with Gasteiger partial charge in [0.05, 0.1) is 21.2 Å². The second kappa shape index (κ2) is 10.3. The molecule has 7 heteroatoms. The summed E-state index contributed by atoms with van der Waals surface area (Å²) in [6, 6.07) is 17.5. The van der Waals surface area contributed by atoms with Crippen LogP contribution in [0.2, 0.25) is 10.0 Å². The molecule has 1 saturated heterocycles. The van der Waals surface area contributed by atoms with E-state index in [0.717, 1.165) is 62.2 Å². The molecule has 1 aromatic heterocycles. The van der Waals surface area contributed by atoms with Gasteiger partial charge in [0.15, 0.2) is 0 Å². The van der Waals surface area contributed by atoms with Gasteiger partial charge in [0, 0.05) is 38.0 Å². The van der Waals surface area contributed by atoms with E-state index in [-0.39, 0.29) is 5.91 Å². The number of pyridine rings is 1. The van der Waals surface area contributed by atoms with E-state index < -0.39 is 0 Å². The van der Waals surface area contributed by atoms with Crippen molar-refractivity contribution in [2.75, 3.05) is 42.9 Å². The van der Waals surface area contributed by atoms with Gasteiger partial charge in [-0.05, 0) is 49.7 Å². The maximum absolute atomic E-state index is 12.3. The minimum atomic E-state index is 0.0169. The average Bonchev–Trinajstić information content (AvgIpc) is 2.79. The summed E-state index contributed by atoms with van der Waals surface area (Å²) in [6.07, 6.45) is 2.36. The maximum Gasteiger partial charge on any atom is 0.225 e. The van der Waals surface area contributed by atoms with Crippen molar-refractivity contribution in [3.63, 3.8) is 0 Å². The summed E-state index contributed by atoms with van der Waals surface area (Å²) in [4.78, 5) is 21.5. The standard InChI is InChI=1S/C24H26Cl2N4O/c25-19-7-5-9-21(24(19)26)30-16-14-29(15-17-30)13-4-3-10-23(31)28-22-12-11-18-6-1-2-8-20(18)27-22/h1-2,5-9,11-12H,3-4,10,13-17H2,(H,27,28,31). The lowest BCUT2D eigenvalue weighted by Crippen LogP contribution is -2.46. The molecule has 0 unspecified atom stereocenters. The molecule has 31 heavy (non-hydrogen) atoms. The zero-order valence-corrected chi connectivity index (χ0v) is 18.9.